The van der Waals surface area contributed by atoms with Gasteiger partial charge in [0.25, 0.3) is 23.6 Å². The molecule has 4 aliphatic rings. The summed E-state index contributed by atoms with van der Waals surface area (Å²) in [6.07, 6.45) is 1.62. The van der Waals surface area contributed by atoms with Crippen molar-refractivity contribution in [3.63, 3.8) is 0 Å². The van der Waals surface area contributed by atoms with Crippen LogP contribution in [0.5, 0.6) is 11.5 Å². The summed E-state index contributed by atoms with van der Waals surface area (Å²) in [5.74, 6) is -6.54. The van der Waals surface area contributed by atoms with E-state index >= 15 is 0 Å². The number of carbonyl (C=O) groups is 4. The van der Waals surface area contributed by atoms with Crippen molar-refractivity contribution in [2.75, 3.05) is 12.6 Å². The quantitative estimate of drug-likeness (QED) is 0.187. The molecule has 34 heavy (non-hydrogen) atoms. The number of ether oxygens (including phenoxy) is 1. The van der Waals surface area contributed by atoms with E-state index in [9.17, 15) is 29.5 Å². The zero-order valence-electron chi connectivity index (χ0n) is 17.7. The molecule has 1 saturated carbocycles. The summed E-state index contributed by atoms with van der Waals surface area (Å²) in [5.41, 5.74) is 0.552. The predicted molar refractivity (Wildman–Crippen MR) is 122 cm³/mol. The molecule has 5 rings (SSSR count). The van der Waals surface area contributed by atoms with Gasteiger partial charge in [0.05, 0.1) is 24.4 Å². The molecule has 0 aromatic heterocycles. The summed E-state index contributed by atoms with van der Waals surface area (Å²) >= 11 is 17.2. The zero-order chi connectivity index (χ0) is 24.7. The second kappa shape index (κ2) is 7.68. The van der Waals surface area contributed by atoms with Gasteiger partial charge in [0.1, 0.15) is 11.5 Å². The molecule has 180 valence electrons. The SMILES string of the molecule is COc1ccc(O)c([C@H]2C3=CC[C@@H]4C(=O)N(O)C(=O)[C@@H]4[C@@H]3C[C@@]3(Cl)C(=O)N(CBr)C(=O)[C@@]23Cl)c1. The molecule has 0 radical (unpaired) electrons. The minimum atomic E-state index is -2.02. The molecular weight excluding hydrogens is 555 g/mol. The van der Waals surface area contributed by atoms with E-state index in [1.165, 1.54) is 25.3 Å². The fraction of sp³-hybridized carbons (Fsp3) is 0.455. The number of methoxy groups -OCH3 is 1. The van der Waals surface area contributed by atoms with Crippen molar-refractivity contribution in [3.05, 3.63) is 35.4 Å². The van der Waals surface area contributed by atoms with Crippen LogP contribution in [-0.4, -0.2) is 66.2 Å². The minimum Gasteiger partial charge on any atom is -0.508 e. The van der Waals surface area contributed by atoms with Gasteiger partial charge in [0.2, 0.25) is 0 Å². The van der Waals surface area contributed by atoms with Crippen molar-refractivity contribution in [1.29, 1.82) is 0 Å². The molecule has 4 amide bonds. The fourth-order valence-electron chi connectivity index (χ4n) is 5.97. The summed E-state index contributed by atoms with van der Waals surface area (Å²) in [7, 11) is 1.43. The smallest absolute Gasteiger partial charge is 0.257 e. The molecule has 3 fully saturated rings. The third-order valence-corrected chi connectivity index (χ3v) is 9.45. The number of phenolic OH excluding ortho intramolecular Hbond substituents is 1. The summed E-state index contributed by atoms with van der Waals surface area (Å²) in [6.45, 7) is 0. The van der Waals surface area contributed by atoms with Gasteiger partial charge in [0, 0.05) is 11.5 Å². The molecule has 2 N–H and O–H groups in total. The van der Waals surface area contributed by atoms with Crippen molar-refractivity contribution < 1.29 is 34.2 Å². The van der Waals surface area contributed by atoms with Crippen LogP contribution in [0, 0.1) is 17.8 Å². The molecule has 0 bridgehead atoms. The van der Waals surface area contributed by atoms with Crippen LogP contribution in [0.25, 0.3) is 0 Å². The van der Waals surface area contributed by atoms with Crippen molar-refractivity contribution in [2.24, 2.45) is 17.8 Å². The highest BCUT2D eigenvalue weighted by Gasteiger charge is 2.76. The Morgan fingerprint density at radius 2 is 1.85 bits per heavy atom. The van der Waals surface area contributed by atoms with E-state index in [1.807, 2.05) is 0 Å². The Balaban J connectivity index is 1.78. The number of hydroxylamine groups is 2. The molecule has 6 atom stereocenters. The number of imide groups is 2. The maximum Gasteiger partial charge on any atom is 0.257 e. The third-order valence-electron chi connectivity index (χ3n) is 7.54. The highest BCUT2D eigenvalue weighted by atomic mass is 79.9. The number of phenols is 1. The lowest BCUT2D eigenvalue weighted by Gasteiger charge is -2.50. The Morgan fingerprint density at radius 3 is 2.50 bits per heavy atom. The summed E-state index contributed by atoms with van der Waals surface area (Å²) in [5, 5.41) is 20.9. The normalized spacial score (nSPS) is 36.9. The molecule has 1 aromatic carbocycles. The zero-order valence-corrected chi connectivity index (χ0v) is 20.8. The number of alkyl halides is 3. The molecule has 1 aromatic rings. The Morgan fingerprint density at radius 1 is 1.15 bits per heavy atom. The maximum absolute atomic E-state index is 13.6. The van der Waals surface area contributed by atoms with Crippen molar-refractivity contribution in [3.8, 4) is 11.5 Å². The van der Waals surface area contributed by atoms with Crippen LogP contribution in [0.4, 0.5) is 0 Å². The number of amides is 4. The van der Waals surface area contributed by atoms with E-state index < -0.39 is 57.0 Å². The Kier molecular flexibility index (Phi) is 5.33. The predicted octanol–water partition coefficient (Wildman–Crippen LogP) is 2.50. The number of hydrogen-bond acceptors (Lipinski definition) is 7. The van der Waals surface area contributed by atoms with Gasteiger partial charge in [-0.15, -0.1) is 23.2 Å². The summed E-state index contributed by atoms with van der Waals surface area (Å²) < 4.78 is 5.30. The fourth-order valence-corrected chi connectivity index (χ4v) is 7.39. The van der Waals surface area contributed by atoms with Gasteiger partial charge >= 0.3 is 0 Å². The van der Waals surface area contributed by atoms with Crippen LogP contribution in [0.2, 0.25) is 0 Å². The largest absolute Gasteiger partial charge is 0.508 e. The van der Waals surface area contributed by atoms with Crippen LogP contribution < -0.4 is 4.74 Å². The van der Waals surface area contributed by atoms with E-state index in [-0.39, 0.29) is 34.7 Å². The van der Waals surface area contributed by atoms with Gasteiger partial charge < -0.3 is 9.84 Å². The topological polar surface area (TPSA) is 124 Å². The first kappa shape index (κ1) is 23.6. The van der Waals surface area contributed by atoms with Crippen LogP contribution in [0.1, 0.15) is 24.3 Å². The highest BCUT2D eigenvalue weighted by Crippen LogP contribution is 2.66. The second-order valence-corrected chi connectivity index (χ2v) is 10.6. The van der Waals surface area contributed by atoms with Crippen LogP contribution in [0.3, 0.4) is 0 Å². The average molecular weight is 574 g/mol. The van der Waals surface area contributed by atoms with Crippen molar-refractivity contribution in [2.45, 2.75) is 28.5 Å². The Labute approximate surface area is 212 Å². The van der Waals surface area contributed by atoms with E-state index in [0.29, 0.717) is 11.3 Å². The van der Waals surface area contributed by atoms with E-state index in [4.69, 9.17) is 27.9 Å². The number of aromatic hydroxyl groups is 1. The second-order valence-electron chi connectivity index (χ2n) is 8.90. The first-order chi connectivity index (χ1) is 16.0. The van der Waals surface area contributed by atoms with Crippen molar-refractivity contribution in [1.82, 2.24) is 9.96 Å². The Bertz CT molecular complexity index is 1190. The van der Waals surface area contributed by atoms with Crippen LogP contribution >= 0.6 is 39.1 Å². The van der Waals surface area contributed by atoms with Crippen molar-refractivity contribution >= 4 is 62.8 Å². The number of allylic oxidation sites excluding steroid dienone is 2. The first-order valence-electron chi connectivity index (χ1n) is 10.5. The number of fused-ring (bicyclic) bond motifs is 4. The van der Waals surface area contributed by atoms with Gasteiger partial charge in [0.15, 0.2) is 9.75 Å². The number of carbonyl (C=O) groups excluding carboxylic acids is 4. The minimum absolute atomic E-state index is 0.111. The summed E-state index contributed by atoms with van der Waals surface area (Å²) in [4.78, 5) is 49.2. The molecule has 2 saturated heterocycles. The Hall–Kier alpha value is -2.14. The number of nitrogens with zero attached hydrogens (tertiary/aromatic N) is 2. The number of halogens is 3. The molecule has 2 aliphatic heterocycles. The lowest BCUT2D eigenvalue weighted by atomic mass is 9.56. The maximum atomic E-state index is 13.6. The molecule has 2 heterocycles. The standard InChI is InChI=1S/C22H19BrCl2N2O7/c1-34-9-2-5-14(28)12(6-9)16-10-3-4-11-15(18(30)27(33)17(11)29)13(10)7-21(24)19(31)26(8-23)20(32)22(16,21)25/h2-3,5-6,11,13,15-16,28,33H,4,7-8H2,1H3/t11-,13+,15-,16+,21+,22-/m0/s1. The van der Waals surface area contributed by atoms with Crippen LogP contribution in [0.15, 0.2) is 29.8 Å². The molecular formula is C22H19BrCl2N2O7. The van der Waals surface area contributed by atoms with Gasteiger partial charge in [-0.1, -0.05) is 27.6 Å². The summed E-state index contributed by atoms with van der Waals surface area (Å²) in [6, 6.07) is 4.41. The van der Waals surface area contributed by atoms with E-state index in [2.05, 4.69) is 15.9 Å². The molecule has 0 spiro atoms. The lowest BCUT2D eigenvalue weighted by Crippen LogP contribution is -2.60. The number of hydrogen-bond donors (Lipinski definition) is 2. The van der Waals surface area contributed by atoms with E-state index in [1.54, 1.807) is 6.08 Å². The lowest BCUT2D eigenvalue weighted by molar-refractivity contribution is -0.173. The average Bonchev–Trinajstić information content (AvgIpc) is 3.12. The number of likely N-dealkylation sites (tertiary alicyclic amines) is 1. The van der Waals surface area contributed by atoms with Gasteiger partial charge in [-0.2, -0.15) is 5.06 Å². The molecule has 9 nitrogen and oxygen atoms in total. The van der Waals surface area contributed by atoms with Crippen LogP contribution in [-0.2, 0) is 19.2 Å². The number of rotatable bonds is 3. The molecule has 2 aliphatic carbocycles. The van der Waals surface area contributed by atoms with Gasteiger partial charge in [-0.05, 0) is 37.0 Å². The third kappa shape index (κ3) is 2.71. The van der Waals surface area contributed by atoms with Gasteiger partial charge in [-0.3, -0.25) is 29.3 Å². The van der Waals surface area contributed by atoms with E-state index in [0.717, 1.165) is 4.90 Å². The monoisotopic (exact) mass is 572 g/mol. The highest BCUT2D eigenvalue weighted by molar-refractivity contribution is 9.09. The van der Waals surface area contributed by atoms with Gasteiger partial charge in [-0.25, -0.2) is 0 Å². The number of benzene rings is 1. The molecule has 0 unspecified atom stereocenters. The molecule has 12 heteroatoms. The first-order valence-corrected chi connectivity index (χ1v) is 12.3.